The molecule has 170 valence electrons. The molecule has 1 saturated heterocycles. The summed E-state index contributed by atoms with van der Waals surface area (Å²) in [6.45, 7) is 7.98. The molecule has 2 unspecified atom stereocenters. The minimum Gasteiger partial charge on any atom is -0.341 e. The van der Waals surface area contributed by atoms with Gasteiger partial charge in [0.05, 0.1) is 22.3 Å². The van der Waals surface area contributed by atoms with Crippen LogP contribution < -0.4 is 5.56 Å². The predicted octanol–water partition coefficient (Wildman–Crippen LogP) is 3.94. The van der Waals surface area contributed by atoms with Gasteiger partial charge >= 0.3 is 0 Å². The highest BCUT2D eigenvalue weighted by atomic mass is 32.2. The van der Waals surface area contributed by atoms with Crippen molar-refractivity contribution in [2.75, 3.05) is 18.8 Å². The molecule has 33 heavy (non-hydrogen) atoms. The highest BCUT2D eigenvalue weighted by Crippen LogP contribution is 2.26. The van der Waals surface area contributed by atoms with Crippen molar-refractivity contribution in [2.45, 2.75) is 32.3 Å². The van der Waals surface area contributed by atoms with E-state index in [1.807, 2.05) is 64.8 Å². The standard InChI is InChI=1S/C25H27N5O2S/c1-16-12-17(2)14-28(13-16)22(31)15-33-25-27-26-24-29(20-10-6-4-8-18(20)3)23(32)19-9-5-7-11-21(19)30(24)25/h4-11,16-17H,12-15H2,1-3H3. The van der Waals surface area contributed by atoms with Gasteiger partial charge in [-0.15, -0.1) is 10.2 Å². The highest BCUT2D eigenvalue weighted by Gasteiger charge is 2.26. The number of aryl methyl sites for hydroxylation is 1. The van der Waals surface area contributed by atoms with E-state index in [4.69, 9.17) is 0 Å². The van der Waals surface area contributed by atoms with Crippen molar-refractivity contribution in [2.24, 2.45) is 11.8 Å². The third-order valence-electron chi connectivity index (χ3n) is 6.30. The van der Waals surface area contributed by atoms with Crippen LogP contribution in [0.2, 0.25) is 0 Å². The summed E-state index contributed by atoms with van der Waals surface area (Å²) in [5.41, 5.74) is 2.35. The fourth-order valence-corrected chi connectivity index (χ4v) is 5.73. The number of aromatic nitrogens is 4. The SMILES string of the molecule is Cc1ccccc1-n1c(=O)c2ccccc2n2c(SCC(=O)N3CC(C)CC(C)C3)nnc12. The van der Waals surface area contributed by atoms with Gasteiger partial charge in [-0.2, -0.15) is 0 Å². The first-order valence-corrected chi connectivity index (χ1v) is 12.3. The van der Waals surface area contributed by atoms with Crippen LogP contribution in [0.1, 0.15) is 25.8 Å². The van der Waals surface area contributed by atoms with Gasteiger partial charge in [0.1, 0.15) is 0 Å². The summed E-state index contributed by atoms with van der Waals surface area (Å²) in [6.07, 6.45) is 1.16. The van der Waals surface area contributed by atoms with Gasteiger partial charge in [0, 0.05) is 13.1 Å². The third kappa shape index (κ3) is 3.93. The fourth-order valence-electron chi connectivity index (χ4n) is 4.89. The maximum Gasteiger partial charge on any atom is 0.267 e. The Kier molecular flexibility index (Phi) is 5.70. The predicted molar refractivity (Wildman–Crippen MR) is 131 cm³/mol. The maximum absolute atomic E-state index is 13.5. The number of fused-ring (bicyclic) bond motifs is 3. The lowest BCUT2D eigenvalue weighted by atomic mass is 9.92. The number of thioether (sulfide) groups is 1. The third-order valence-corrected chi connectivity index (χ3v) is 7.21. The Labute approximate surface area is 196 Å². The summed E-state index contributed by atoms with van der Waals surface area (Å²) in [5.74, 6) is 1.89. The number of carbonyl (C=O) groups excluding carboxylic acids is 1. The molecule has 0 radical (unpaired) electrons. The molecule has 1 amide bonds. The molecule has 0 aliphatic carbocycles. The van der Waals surface area contributed by atoms with Crippen molar-refractivity contribution in [3.63, 3.8) is 0 Å². The Balaban J connectivity index is 1.57. The van der Waals surface area contributed by atoms with E-state index in [1.165, 1.54) is 11.8 Å². The second-order valence-electron chi connectivity index (χ2n) is 9.10. The van der Waals surface area contributed by atoms with E-state index in [0.717, 1.165) is 36.3 Å². The quantitative estimate of drug-likeness (QED) is 0.431. The second kappa shape index (κ2) is 8.67. The number of nitrogens with zero attached hydrogens (tertiary/aromatic N) is 5. The van der Waals surface area contributed by atoms with Gasteiger partial charge < -0.3 is 4.90 Å². The van der Waals surface area contributed by atoms with Gasteiger partial charge in [-0.05, 0) is 48.9 Å². The van der Waals surface area contributed by atoms with E-state index in [1.54, 1.807) is 4.57 Å². The van der Waals surface area contributed by atoms with Crippen LogP contribution in [0.15, 0.2) is 58.5 Å². The molecular weight excluding hydrogens is 434 g/mol. The molecule has 3 heterocycles. The maximum atomic E-state index is 13.5. The van der Waals surface area contributed by atoms with Crippen LogP contribution in [0.3, 0.4) is 0 Å². The average molecular weight is 462 g/mol. The molecule has 7 nitrogen and oxygen atoms in total. The molecule has 0 saturated carbocycles. The monoisotopic (exact) mass is 461 g/mol. The fraction of sp³-hybridized carbons (Fsp3) is 0.360. The zero-order valence-electron chi connectivity index (χ0n) is 19.1. The number of hydrogen-bond donors (Lipinski definition) is 0. The zero-order chi connectivity index (χ0) is 23.1. The molecule has 1 aliphatic heterocycles. The van der Waals surface area contributed by atoms with Crippen LogP contribution >= 0.6 is 11.8 Å². The molecule has 1 aliphatic rings. The van der Waals surface area contributed by atoms with Crippen molar-refractivity contribution >= 4 is 34.3 Å². The summed E-state index contributed by atoms with van der Waals surface area (Å²) in [7, 11) is 0. The molecular formula is C25H27N5O2S. The smallest absolute Gasteiger partial charge is 0.267 e. The zero-order valence-corrected chi connectivity index (χ0v) is 19.9. The number of amides is 1. The normalized spacial score (nSPS) is 18.8. The average Bonchev–Trinajstić information content (AvgIpc) is 3.22. The van der Waals surface area contributed by atoms with E-state index < -0.39 is 0 Å². The van der Waals surface area contributed by atoms with E-state index in [2.05, 4.69) is 24.0 Å². The lowest BCUT2D eigenvalue weighted by molar-refractivity contribution is -0.130. The Morgan fingerprint density at radius 3 is 2.48 bits per heavy atom. The van der Waals surface area contributed by atoms with Crippen LogP contribution in [0.4, 0.5) is 0 Å². The summed E-state index contributed by atoms with van der Waals surface area (Å²) in [4.78, 5) is 28.4. The summed E-state index contributed by atoms with van der Waals surface area (Å²) in [6, 6.07) is 15.2. The van der Waals surface area contributed by atoms with Crippen LogP contribution in [-0.4, -0.2) is 48.8 Å². The van der Waals surface area contributed by atoms with Crippen LogP contribution in [-0.2, 0) is 4.79 Å². The molecule has 1 fully saturated rings. The van der Waals surface area contributed by atoms with Gasteiger partial charge in [0.15, 0.2) is 5.16 Å². The lowest BCUT2D eigenvalue weighted by Gasteiger charge is -2.34. The molecule has 0 N–H and O–H groups in total. The van der Waals surface area contributed by atoms with Crippen molar-refractivity contribution in [1.29, 1.82) is 0 Å². The molecule has 8 heteroatoms. The summed E-state index contributed by atoms with van der Waals surface area (Å²) in [5, 5.41) is 9.98. The minimum absolute atomic E-state index is 0.117. The number of carbonyl (C=O) groups is 1. The van der Waals surface area contributed by atoms with Crippen molar-refractivity contribution in [3.05, 3.63) is 64.4 Å². The van der Waals surface area contributed by atoms with Crippen LogP contribution in [0.25, 0.3) is 22.4 Å². The topological polar surface area (TPSA) is 72.5 Å². The number of para-hydroxylation sites is 2. The first-order valence-electron chi connectivity index (χ1n) is 11.3. The Hall–Kier alpha value is -3.13. The number of benzene rings is 2. The highest BCUT2D eigenvalue weighted by molar-refractivity contribution is 7.99. The molecule has 0 spiro atoms. The van der Waals surface area contributed by atoms with Gasteiger partial charge in [-0.3, -0.25) is 14.0 Å². The first-order chi connectivity index (χ1) is 15.9. The first kappa shape index (κ1) is 21.7. The largest absolute Gasteiger partial charge is 0.341 e. The van der Waals surface area contributed by atoms with Gasteiger partial charge in [0.2, 0.25) is 11.7 Å². The number of hydrogen-bond acceptors (Lipinski definition) is 5. The lowest BCUT2D eigenvalue weighted by Crippen LogP contribution is -2.43. The molecule has 5 rings (SSSR count). The Morgan fingerprint density at radius 2 is 1.73 bits per heavy atom. The Bertz CT molecular complexity index is 1400. The van der Waals surface area contributed by atoms with Gasteiger partial charge in [-0.25, -0.2) is 4.57 Å². The van der Waals surface area contributed by atoms with Crippen LogP contribution in [0, 0.1) is 18.8 Å². The van der Waals surface area contributed by atoms with E-state index in [0.29, 0.717) is 28.2 Å². The van der Waals surface area contributed by atoms with Crippen molar-refractivity contribution < 1.29 is 4.79 Å². The number of piperidine rings is 1. The van der Waals surface area contributed by atoms with Crippen molar-refractivity contribution in [3.8, 4) is 5.69 Å². The summed E-state index contributed by atoms with van der Waals surface area (Å²) >= 11 is 1.37. The van der Waals surface area contributed by atoms with Gasteiger partial charge in [0.25, 0.3) is 5.56 Å². The minimum atomic E-state index is -0.135. The van der Waals surface area contributed by atoms with E-state index >= 15 is 0 Å². The van der Waals surface area contributed by atoms with Gasteiger partial charge in [-0.1, -0.05) is 55.9 Å². The second-order valence-corrected chi connectivity index (χ2v) is 10.0. The molecule has 4 aromatic rings. The number of likely N-dealkylation sites (tertiary alicyclic amines) is 1. The molecule has 2 aromatic heterocycles. The number of rotatable bonds is 4. The molecule has 2 atom stereocenters. The molecule has 0 bridgehead atoms. The van der Waals surface area contributed by atoms with E-state index in [-0.39, 0.29) is 17.2 Å². The van der Waals surface area contributed by atoms with Crippen molar-refractivity contribution in [1.82, 2.24) is 24.1 Å². The summed E-state index contributed by atoms with van der Waals surface area (Å²) < 4.78 is 3.51. The van der Waals surface area contributed by atoms with Crippen LogP contribution in [0.5, 0.6) is 0 Å². The Morgan fingerprint density at radius 1 is 1.03 bits per heavy atom. The van der Waals surface area contributed by atoms with E-state index in [9.17, 15) is 9.59 Å². The molecule has 2 aromatic carbocycles.